The summed E-state index contributed by atoms with van der Waals surface area (Å²) in [6.45, 7) is 0.216. The molecule has 3 N–H and O–H groups in total. The standard InChI is InChI=1S/C13H20N2O4S/c1-18-11-4-3-5-12(19-2)13(11)20(16,17)15-8-10(14)9-6-7-9/h3-5,9-10,15H,6-8,14H2,1-2H3. The van der Waals surface area contributed by atoms with Gasteiger partial charge in [0, 0.05) is 12.6 Å². The Hall–Kier alpha value is -1.31. The second-order valence-corrected chi connectivity index (χ2v) is 6.55. The molecule has 1 aliphatic carbocycles. The van der Waals surface area contributed by atoms with Gasteiger partial charge >= 0.3 is 0 Å². The molecule has 7 heteroatoms. The van der Waals surface area contributed by atoms with Crippen LogP contribution in [0.25, 0.3) is 0 Å². The summed E-state index contributed by atoms with van der Waals surface area (Å²) in [5.41, 5.74) is 5.92. The minimum Gasteiger partial charge on any atom is -0.495 e. The van der Waals surface area contributed by atoms with Gasteiger partial charge in [0.1, 0.15) is 11.5 Å². The summed E-state index contributed by atoms with van der Waals surface area (Å²) >= 11 is 0. The van der Waals surface area contributed by atoms with Crippen molar-refractivity contribution in [3.05, 3.63) is 18.2 Å². The SMILES string of the molecule is COc1cccc(OC)c1S(=O)(=O)NCC(N)C1CC1. The molecule has 0 bridgehead atoms. The van der Waals surface area contributed by atoms with Crippen LogP contribution in [0.5, 0.6) is 11.5 Å². The number of methoxy groups -OCH3 is 2. The maximum atomic E-state index is 12.4. The van der Waals surface area contributed by atoms with Crippen molar-refractivity contribution in [1.82, 2.24) is 4.72 Å². The monoisotopic (exact) mass is 300 g/mol. The molecule has 0 aromatic heterocycles. The number of hydrogen-bond donors (Lipinski definition) is 2. The number of benzene rings is 1. The Morgan fingerprint density at radius 1 is 1.30 bits per heavy atom. The lowest BCUT2D eigenvalue weighted by Crippen LogP contribution is -2.38. The lowest BCUT2D eigenvalue weighted by atomic mass is 10.2. The minimum absolute atomic E-state index is 0.00740. The Morgan fingerprint density at radius 2 is 1.85 bits per heavy atom. The summed E-state index contributed by atoms with van der Waals surface area (Å²) in [4.78, 5) is 0.00740. The molecule has 0 radical (unpaired) electrons. The average molecular weight is 300 g/mol. The van der Waals surface area contributed by atoms with Crippen molar-refractivity contribution >= 4 is 10.0 Å². The van der Waals surface area contributed by atoms with E-state index in [4.69, 9.17) is 15.2 Å². The molecule has 2 rings (SSSR count). The van der Waals surface area contributed by atoms with Crippen molar-refractivity contribution in [1.29, 1.82) is 0 Å². The molecule has 1 saturated carbocycles. The van der Waals surface area contributed by atoms with E-state index in [2.05, 4.69) is 4.72 Å². The molecule has 0 saturated heterocycles. The van der Waals surface area contributed by atoms with E-state index in [-0.39, 0.29) is 29.0 Å². The van der Waals surface area contributed by atoms with E-state index in [1.54, 1.807) is 18.2 Å². The first-order valence-corrected chi connectivity index (χ1v) is 7.94. The normalized spacial score (nSPS) is 16.8. The third kappa shape index (κ3) is 3.23. The zero-order valence-corrected chi connectivity index (χ0v) is 12.4. The van der Waals surface area contributed by atoms with Crippen LogP contribution in [0.1, 0.15) is 12.8 Å². The van der Waals surface area contributed by atoms with Gasteiger partial charge in [-0.2, -0.15) is 0 Å². The summed E-state index contributed by atoms with van der Waals surface area (Å²) < 4.78 is 37.6. The maximum absolute atomic E-state index is 12.4. The smallest absolute Gasteiger partial charge is 0.248 e. The van der Waals surface area contributed by atoms with Gasteiger partial charge in [0.05, 0.1) is 14.2 Å². The van der Waals surface area contributed by atoms with E-state index in [9.17, 15) is 8.42 Å². The van der Waals surface area contributed by atoms with E-state index < -0.39 is 10.0 Å². The molecule has 1 unspecified atom stereocenters. The highest BCUT2D eigenvalue weighted by atomic mass is 32.2. The fourth-order valence-electron chi connectivity index (χ4n) is 2.05. The molecule has 0 spiro atoms. The van der Waals surface area contributed by atoms with E-state index >= 15 is 0 Å². The number of rotatable bonds is 7. The van der Waals surface area contributed by atoms with E-state index in [0.717, 1.165) is 12.8 Å². The van der Waals surface area contributed by atoms with E-state index in [0.29, 0.717) is 5.92 Å². The summed E-state index contributed by atoms with van der Waals surface area (Å²) in [5, 5.41) is 0. The van der Waals surface area contributed by atoms with Gasteiger partial charge in [-0.25, -0.2) is 13.1 Å². The van der Waals surface area contributed by atoms with Crippen LogP contribution in [0.15, 0.2) is 23.1 Å². The van der Waals surface area contributed by atoms with Crippen LogP contribution in [0.2, 0.25) is 0 Å². The highest BCUT2D eigenvalue weighted by Crippen LogP contribution is 2.34. The van der Waals surface area contributed by atoms with Gasteiger partial charge in [-0.1, -0.05) is 6.07 Å². The molecule has 0 amide bonds. The van der Waals surface area contributed by atoms with Gasteiger partial charge in [0.15, 0.2) is 4.90 Å². The Balaban J connectivity index is 2.23. The molecule has 1 aliphatic rings. The third-order valence-corrected chi connectivity index (χ3v) is 4.87. The topological polar surface area (TPSA) is 90.6 Å². The third-order valence-electron chi connectivity index (χ3n) is 3.39. The van der Waals surface area contributed by atoms with Crippen LogP contribution in [0.4, 0.5) is 0 Å². The van der Waals surface area contributed by atoms with Gasteiger partial charge in [-0.3, -0.25) is 0 Å². The van der Waals surface area contributed by atoms with E-state index in [1.807, 2.05) is 0 Å². The Morgan fingerprint density at radius 3 is 2.30 bits per heavy atom. The fraction of sp³-hybridized carbons (Fsp3) is 0.538. The molecule has 0 heterocycles. The zero-order chi connectivity index (χ0) is 14.8. The molecular formula is C13H20N2O4S. The molecule has 0 aliphatic heterocycles. The first kappa shape index (κ1) is 15.1. The number of sulfonamides is 1. The highest BCUT2D eigenvalue weighted by Gasteiger charge is 2.31. The molecule has 1 fully saturated rings. The summed E-state index contributed by atoms with van der Waals surface area (Å²) in [6.07, 6.45) is 2.14. The van der Waals surface area contributed by atoms with Crippen LogP contribution in [-0.4, -0.2) is 35.2 Å². The Kier molecular flexibility index (Phi) is 4.52. The van der Waals surface area contributed by atoms with Crippen molar-refractivity contribution in [2.75, 3.05) is 20.8 Å². The predicted molar refractivity (Wildman–Crippen MR) is 75.4 cm³/mol. The molecule has 1 aromatic carbocycles. The number of nitrogens with two attached hydrogens (primary N) is 1. The molecular weight excluding hydrogens is 280 g/mol. The van der Waals surface area contributed by atoms with Gasteiger partial charge < -0.3 is 15.2 Å². The summed E-state index contributed by atoms with van der Waals surface area (Å²) in [5.74, 6) is 0.922. The van der Waals surface area contributed by atoms with Gasteiger partial charge in [0.25, 0.3) is 0 Å². The molecule has 6 nitrogen and oxygen atoms in total. The fourth-order valence-corrected chi connectivity index (χ4v) is 3.44. The van der Waals surface area contributed by atoms with Crippen LogP contribution >= 0.6 is 0 Å². The zero-order valence-electron chi connectivity index (χ0n) is 11.6. The lowest BCUT2D eigenvalue weighted by Gasteiger charge is -2.16. The van der Waals surface area contributed by atoms with Gasteiger partial charge in [-0.05, 0) is 30.9 Å². The number of ether oxygens (including phenoxy) is 2. The highest BCUT2D eigenvalue weighted by molar-refractivity contribution is 7.89. The maximum Gasteiger partial charge on any atom is 0.248 e. The first-order chi connectivity index (χ1) is 9.49. The quantitative estimate of drug-likeness (QED) is 0.774. The van der Waals surface area contributed by atoms with Crippen LogP contribution in [0, 0.1) is 5.92 Å². The van der Waals surface area contributed by atoms with Crippen molar-refractivity contribution in [3.63, 3.8) is 0 Å². The number of nitrogens with one attached hydrogen (secondary N) is 1. The molecule has 112 valence electrons. The van der Waals surface area contributed by atoms with E-state index in [1.165, 1.54) is 14.2 Å². The van der Waals surface area contributed by atoms with Crippen molar-refractivity contribution in [3.8, 4) is 11.5 Å². The molecule has 1 aromatic rings. The van der Waals surface area contributed by atoms with Crippen molar-refractivity contribution in [2.24, 2.45) is 11.7 Å². The second-order valence-electron chi connectivity index (χ2n) is 4.84. The lowest BCUT2D eigenvalue weighted by molar-refractivity contribution is 0.372. The summed E-state index contributed by atoms with van der Waals surface area (Å²) in [7, 11) is -0.886. The van der Waals surface area contributed by atoms with Crippen molar-refractivity contribution in [2.45, 2.75) is 23.8 Å². The van der Waals surface area contributed by atoms with Crippen LogP contribution in [0.3, 0.4) is 0 Å². The largest absolute Gasteiger partial charge is 0.495 e. The van der Waals surface area contributed by atoms with Crippen molar-refractivity contribution < 1.29 is 17.9 Å². The Bertz CT molecular complexity index is 547. The van der Waals surface area contributed by atoms with Gasteiger partial charge in [-0.15, -0.1) is 0 Å². The molecule has 20 heavy (non-hydrogen) atoms. The van der Waals surface area contributed by atoms with Gasteiger partial charge in [0.2, 0.25) is 10.0 Å². The first-order valence-electron chi connectivity index (χ1n) is 6.46. The minimum atomic E-state index is -3.73. The predicted octanol–water partition coefficient (Wildman–Crippen LogP) is 0.719. The average Bonchev–Trinajstić information content (AvgIpc) is 3.28. The molecule has 1 atom stereocenters. The number of hydrogen-bond acceptors (Lipinski definition) is 5. The second kappa shape index (κ2) is 5.99. The summed E-state index contributed by atoms with van der Waals surface area (Å²) in [6, 6.07) is 4.69. The van der Waals surface area contributed by atoms with Crippen LogP contribution < -0.4 is 19.9 Å². The van der Waals surface area contributed by atoms with Crippen LogP contribution in [-0.2, 0) is 10.0 Å². The Labute approximate surface area is 119 Å².